The van der Waals surface area contributed by atoms with E-state index in [4.69, 9.17) is 9.97 Å². The van der Waals surface area contributed by atoms with E-state index >= 15 is 0 Å². The third kappa shape index (κ3) is 4.65. The smallest absolute Gasteiger partial charge is 0.160 e. The van der Waals surface area contributed by atoms with E-state index in [0.717, 1.165) is 50.1 Å². The molecule has 10 aromatic carbocycles. The first-order chi connectivity index (χ1) is 31.8. The molecule has 2 aliphatic rings. The van der Waals surface area contributed by atoms with Crippen molar-refractivity contribution in [3.63, 3.8) is 0 Å². The summed E-state index contributed by atoms with van der Waals surface area (Å²) in [6, 6.07) is 82.1. The van der Waals surface area contributed by atoms with Crippen LogP contribution < -0.4 is 0 Å². The van der Waals surface area contributed by atoms with E-state index in [1.807, 2.05) is 0 Å². The van der Waals surface area contributed by atoms with Crippen LogP contribution in [-0.2, 0) is 5.41 Å². The van der Waals surface area contributed by atoms with Gasteiger partial charge in [0, 0.05) is 38.4 Å². The quantitative estimate of drug-likeness (QED) is 0.177. The Morgan fingerprint density at radius 1 is 0.375 bits per heavy atom. The van der Waals surface area contributed by atoms with Crippen LogP contribution in [0, 0.1) is 0 Å². The summed E-state index contributed by atoms with van der Waals surface area (Å²) >= 11 is 0. The first kappa shape index (κ1) is 35.2. The van der Waals surface area contributed by atoms with Gasteiger partial charge in [0.15, 0.2) is 5.82 Å². The van der Waals surface area contributed by atoms with E-state index in [1.165, 1.54) is 71.6 Å². The largest absolute Gasteiger partial charge is 0.308 e. The van der Waals surface area contributed by atoms with Crippen LogP contribution >= 0.6 is 0 Å². The molecule has 3 nitrogen and oxygen atoms in total. The monoisotopic (exact) mass is 811 g/mol. The highest BCUT2D eigenvalue weighted by atomic mass is 15.0. The van der Waals surface area contributed by atoms with Gasteiger partial charge in [-0.15, -0.1) is 0 Å². The van der Waals surface area contributed by atoms with Gasteiger partial charge in [0.2, 0.25) is 0 Å². The normalized spacial score (nSPS) is 13.1. The van der Waals surface area contributed by atoms with Gasteiger partial charge in [-0.1, -0.05) is 206 Å². The number of fused-ring (bicyclic) bond motifs is 18. The van der Waals surface area contributed by atoms with E-state index in [2.05, 4.69) is 229 Å². The topological polar surface area (TPSA) is 30.7 Å². The second-order valence-corrected chi connectivity index (χ2v) is 17.1. The van der Waals surface area contributed by atoms with Crippen LogP contribution in [0.5, 0.6) is 0 Å². The van der Waals surface area contributed by atoms with Crippen molar-refractivity contribution >= 4 is 43.5 Å². The fourth-order valence-electron chi connectivity index (χ4n) is 11.5. The maximum Gasteiger partial charge on any atom is 0.160 e. The molecule has 2 heterocycles. The van der Waals surface area contributed by atoms with Crippen molar-refractivity contribution in [3.8, 4) is 61.7 Å². The molecule has 3 heteroatoms. The molecule has 0 fully saturated rings. The van der Waals surface area contributed by atoms with Crippen LogP contribution in [0.15, 0.2) is 224 Å². The van der Waals surface area contributed by atoms with E-state index in [0.29, 0.717) is 5.82 Å². The average Bonchev–Trinajstić information content (AvgIpc) is 3.99. The van der Waals surface area contributed by atoms with Crippen LogP contribution in [0.25, 0.3) is 105 Å². The molecule has 0 radical (unpaired) electrons. The van der Waals surface area contributed by atoms with Crippen molar-refractivity contribution in [2.75, 3.05) is 0 Å². The number of rotatable bonds is 4. The number of hydrogen-bond acceptors (Lipinski definition) is 2. The van der Waals surface area contributed by atoms with Crippen molar-refractivity contribution in [2.45, 2.75) is 5.41 Å². The van der Waals surface area contributed by atoms with Crippen LogP contribution in [-0.4, -0.2) is 14.5 Å². The lowest BCUT2D eigenvalue weighted by molar-refractivity contribution is 0.797. The summed E-state index contributed by atoms with van der Waals surface area (Å²) in [5.41, 5.74) is 19.5. The Morgan fingerprint density at radius 2 is 0.922 bits per heavy atom. The Labute approximate surface area is 370 Å². The Hall–Kier alpha value is -8.40. The molecule has 0 aliphatic heterocycles. The molecule has 14 rings (SSSR count). The first-order valence-corrected chi connectivity index (χ1v) is 22.1. The molecule has 2 aromatic heterocycles. The summed E-state index contributed by atoms with van der Waals surface area (Å²) in [4.78, 5) is 10.7. The van der Waals surface area contributed by atoms with Gasteiger partial charge in [0.05, 0.1) is 33.3 Å². The fourth-order valence-corrected chi connectivity index (χ4v) is 11.5. The van der Waals surface area contributed by atoms with Crippen molar-refractivity contribution < 1.29 is 0 Å². The zero-order valence-corrected chi connectivity index (χ0v) is 34.7. The summed E-state index contributed by atoms with van der Waals surface area (Å²) < 4.78 is 2.60. The minimum Gasteiger partial charge on any atom is -0.308 e. The second-order valence-electron chi connectivity index (χ2n) is 17.1. The molecular formula is C61H37N3. The van der Waals surface area contributed by atoms with Gasteiger partial charge in [0.1, 0.15) is 0 Å². The van der Waals surface area contributed by atoms with E-state index < -0.39 is 5.41 Å². The highest BCUT2D eigenvalue weighted by Crippen LogP contribution is 2.66. The van der Waals surface area contributed by atoms with Crippen molar-refractivity contribution in [1.29, 1.82) is 0 Å². The number of aromatic nitrogens is 3. The summed E-state index contributed by atoms with van der Waals surface area (Å²) in [7, 11) is 0. The molecule has 296 valence electrons. The number of para-hydroxylation sites is 2. The summed E-state index contributed by atoms with van der Waals surface area (Å²) in [5.74, 6) is 0.692. The fraction of sp³-hybridized carbons (Fsp3) is 0.0164. The van der Waals surface area contributed by atoms with Gasteiger partial charge in [-0.25, -0.2) is 9.97 Å². The summed E-state index contributed by atoms with van der Waals surface area (Å²) in [6.45, 7) is 0. The van der Waals surface area contributed by atoms with Gasteiger partial charge < -0.3 is 4.57 Å². The minimum absolute atomic E-state index is 0.579. The van der Waals surface area contributed by atoms with E-state index in [-0.39, 0.29) is 0 Å². The molecule has 0 saturated carbocycles. The molecule has 0 saturated heterocycles. The zero-order valence-electron chi connectivity index (χ0n) is 34.7. The van der Waals surface area contributed by atoms with Crippen LogP contribution in [0.1, 0.15) is 22.3 Å². The molecule has 12 aromatic rings. The van der Waals surface area contributed by atoms with Crippen molar-refractivity contribution in [2.24, 2.45) is 0 Å². The zero-order chi connectivity index (χ0) is 41.9. The number of nitrogens with zero attached hydrogens (tertiary/aromatic N) is 3. The minimum atomic E-state index is -0.579. The molecule has 0 N–H and O–H groups in total. The highest BCUT2D eigenvalue weighted by Gasteiger charge is 2.53. The van der Waals surface area contributed by atoms with Gasteiger partial charge >= 0.3 is 0 Å². The lowest BCUT2D eigenvalue weighted by atomic mass is 9.70. The third-order valence-electron chi connectivity index (χ3n) is 14.0. The maximum absolute atomic E-state index is 5.40. The Morgan fingerprint density at radius 3 is 1.64 bits per heavy atom. The molecule has 0 bridgehead atoms. The van der Waals surface area contributed by atoms with Crippen LogP contribution in [0.4, 0.5) is 0 Å². The molecular weight excluding hydrogens is 775 g/mol. The average molecular weight is 812 g/mol. The number of benzene rings is 10. The predicted molar refractivity (Wildman–Crippen MR) is 264 cm³/mol. The standard InChI is InChI=1S/C61H37N3/c1-3-19-38(20-4-1)41-36-35-40(60-62-52-33-17-12-28-47(52)58(63-60)39-21-5-2-6-22-39)37-54(41)64-53-34-18-13-29-48(53)56-45-26-8-7-25-44(45)55-46-27-11-16-32-51(46)61(57(55)59(56)64)49-30-14-9-23-42(49)43-24-10-15-31-50(43)61/h1-37H. The van der Waals surface area contributed by atoms with Crippen LogP contribution in [0.2, 0.25) is 0 Å². The second kappa shape index (κ2) is 13.3. The number of hydrogen-bond donors (Lipinski definition) is 0. The summed E-state index contributed by atoms with van der Waals surface area (Å²) in [6.07, 6.45) is 0. The van der Waals surface area contributed by atoms with Crippen molar-refractivity contribution in [3.05, 3.63) is 247 Å². The lowest BCUT2D eigenvalue weighted by Gasteiger charge is -2.32. The molecule has 1 spiro atoms. The van der Waals surface area contributed by atoms with Gasteiger partial charge in [0.25, 0.3) is 0 Å². The lowest BCUT2D eigenvalue weighted by Crippen LogP contribution is -2.26. The molecule has 0 unspecified atom stereocenters. The predicted octanol–water partition coefficient (Wildman–Crippen LogP) is 15.2. The van der Waals surface area contributed by atoms with Gasteiger partial charge in [-0.2, -0.15) is 0 Å². The molecule has 0 amide bonds. The Bertz CT molecular complexity index is 3850. The molecule has 64 heavy (non-hydrogen) atoms. The van der Waals surface area contributed by atoms with Gasteiger partial charge in [-0.3, -0.25) is 0 Å². The van der Waals surface area contributed by atoms with Gasteiger partial charge in [-0.05, 0) is 73.5 Å². The SMILES string of the molecule is c1ccc(-c2ccc(-c3nc(-c4ccccc4)c4ccccc4n3)cc2-n2c3ccccc3c3c4ccccc4c4c(c32)C2(c3ccccc3-c3ccccc32)c2ccccc2-4)cc1. The van der Waals surface area contributed by atoms with E-state index in [1.54, 1.807) is 0 Å². The third-order valence-corrected chi connectivity index (χ3v) is 14.0. The Kier molecular flexibility index (Phi) is 7.32. The van der Waals surface area contributed by atoms with Crippen molar-refractivity contribution in [1.82, 2.24) is 14.5 Å². The first-order valence-electron chi connectivity index (χ1n) is 22.1. The Balaban J connectivity index is 1.18. The maximum atomic E-state index is 5.40. The summed E-state index contributed by atoms with van der Waals surface area (Å²) in [5, 5.41) is 6.04. The highest BCUT2D eigenvalue weighted by molar-refractivity contribution is 6.28. The van der Waals surface area contributed by atoms with Crippen LogP contribution in [0.3, 0.4) is 0 Å². The molecule has 2 aliphatic carbocycles. The molecule has 0 atom stereocenters. The van der Waals surface area contributed by atoms with E-state index in [9.17, 15) is 0 Å².